The van der Waals surface area contributed by atoms with E-state index in [1.54, 1.807) is 0 Å². The highest BCUT2D eigenvalue weighted by molar-refractivity contribution is 7.71. The fourth-order valence-electron chi connectivity index (χ4n) is 3.06. The van der Waals surface area contributed by atoms with Gasteiger partial charge in [-0.2, -0.15) is 5.10 Å². The number of hydrogen-bond acceptors (Lipinski definition) is 5. The maximum Gasteiger partial charge on any atom is 0.227 e. The highest BCUT2D eigenvalue weighted by atomic mass is 32.1. The molecule has 0 fully saturated rings. The summed E-state index contributed by atoms with van der Waals surface area (Å²) < 4.78 is 3.42. The number of carbonyl (C=O) groups is 1. The smallest absolute Gasteiger partial charge is 0.227 e. The summed E-state index contributed by atoms with van der Waals surface area (Å²) in [5.41, 5.74) is 4.14. The number of benzene rings is 2. The topological polar surface area (TPSA) is 75.6 Å². The zero-order valence-electron chi connectivity index (χ0n) is 15.5. The van der Waals surface area contributed by atoms with Crippen molar-refractivity contribution >= 4 is 44.8 Å². The van der Waals surface area contributed by atoms with E-state index in [4.69, 9.17) is 12.2 Å². The molecule has 4 aromatic rings. The average Bonchev–Trinajstić information content (AvgIpc) is 3.24. The third kappa shape index (κ3) is 3.74. The molecule has 0 spiro atoms. The fraction of sp³-hybridized carbons (Fsp3) is 0.200. The van der Waals surface area contributed by atoms with E-state index < -0.39 is 0 Å². The van der Waals surface area contributed by atoms with E-state index in [0.29, 0.717) is 16.4 Å². The largest absolute Gasteiger partial charge is 0.302 e. The molecule has 6 nitrogen and oxygen atoms in total. The van der Waals surface area contributed by atoms with Crippen molar-refractivity contribution in [3.05, 3.63) is 58.4 Å². The highest BCUT2D eigenvalue weighted by Gasteiger charge is 2.13. The van der Waals surface area contributed by atoms with E-state index in [1.807, 2.05) is 60.9 Å². The Morgan fingerprint density at radius 1 is 1.25 bits per heavy atom. The molecule has 0 saturated carbocycles. The van der Waals surface area contributed by atoms with Gasteiger partial charge in [0.15, 0.2) is 15.7 Å². The van der Waals surface area contributed by atoms with Crippen molar-refractivity contribution in [2.75, 3.05) is 5.32 Å². The zero-order valence-corrected chi connectivity index (χ0v) is 17.2. The number of anilines is 1. The van der Waals surface area contributed by atoms with Crippen LogP contribution in [0, 0.1) is 18.6 Å². The number of rotatable bonds is 5. The second kappa shape index (κ2) is 7.65. The normalized spacial score (nSPS) is 11.1. The summed E-state index contributed by atoms with van der Waals surface area (Å²) in [6.45, 7) is 4.48. The van der Waals surface area contributed by atoms with Gasteiger partial charge in [0.05, 0.1) is 10.2 Å². The van der Waals surface area contributed by atoms with Crippen LogP contribution in [0.5, 0.6) is 0 Å². The molecular weight excluding hydrogens is 390 g/mol. The Morgan fingerprint density at radius 2 is 2.07 bits per heavy atom. The van der Waals surface area contributed by atoms with Gasteiger partial charge in [0.1, 0.15) is 0 Å². The first-order valence-electron chi connectivity index (χ1n) is 8.89. The highest BCUT2D eigenvalue weighted by Crippen LogP contribution is 2.28. The number of nitrogens with one attached hydrogen (secondary N) is 2. The van der Waals surface area contributed by atoms with Crippen molar-refractivity contribution in [3.8, 4) is 11.4 Å². The number of aryl methyl sites for hydroxylation is 2. The van der Waals surface area contributed by atoms with Crippen LogP contribution >= 0.6 is 23.6 Å². The average molecular weight is 410 g/mol. The molecule has 2 N–H and O–H groups in total. The van der Waals surface area contributed by atoms with E-state index in [1.165, 1.54) is 11.3 Å². The molecule has 0 radical (unpaired) electrons. The molecule has 0 bridgehead atoms. The third-order valence-electron chi connectivity index (χ3n) is 4.46. The number of fused-ring (bicyclic) bond motifs is 1. The molecule has 1 amide bonds. The molecule has 0 aliphatic rings. The summed E-state index contributed by atoms with van der Waals surface area (Å²) >= 11 is 6.83. The first-order valence-corrected chi connectivity index (χ1v) is 10.1. The van der Waals surface area contributed by atoms with Crippen LogP contribution in [-0.4, -0.2) is 25.7 Å². The van der Waals surface area contributed by atoms with Crippen LogP contribution in [0.3, 0.4) is 0 Å². The number of carbonyl (C=O) groups excluding carboxylic acids is 1. The second-order valence-corrected chi connectivity index (χ2v) is 8.03. The number of hydrogen-bond donors (Lipinski definition) is 2. The second-order valence-electron chi connectivity index (χ2n) is 6.61. The van der Waals surface area contributed by atoms with Gasteiger partial charge in [0.25, 0.3) is 0 Å². The van der Waals surface area contributed by atoms with Crippen molar-refractivity contribution < 1.29 is 4.79 Å². The van der Waals surface area contributed by atoms with Gasteiger partial charge in [0.2, 0.25) is 5.91 Å². The molecule has 2 aromatic heterocycles. The zero-order chi connectivity index (χ0) is 19.7. The lowest BCUT2D eigenvalue weighted by molar-refractivity contribution is -0.116. The third-order valence-corrected chi connectivity index (χ3v) is 5.71. The quantitative estimate of drug-likeness (QED) is 0.462. The van der Waals surface area contributed by atoms with Gasteiger partial charge in [-0.15, -0.1) is 0 Å². The minimum absolute atomic E-state index is 0.102. The Kier molecular flexibility index (Phi) is 5.06. The van der Waals surface area contributed by atoms with E-state index in [2.05, 4.69) is 20.5 Å². The Bertz CT molecular complexity index is 1220. The van der Waals surface area contributed by atoms with Gasteiger partial charge >= 0.3 is 0 Å². The van der Waals surface area contributed by atoms with Crippen LogP contribution in [0.2, 0.25) is 0 Å². The Morgan fingerprint density at radius 3 is 2.86 bits per heavy atom. The van der Waals surface area contributed by atoms with E-state index in [0.717, 1.165) is 32.7 Å². The molecule has 0 aliphatic carbocycles. The van der Waals surface area contributed by atoms with Crippen LogP contribution in [0.25, 0.3) is 21.6 Å². The summed E-state index contributed by atoms with van der Waals surface area (Å²) in [5.74, 6) is 0.632. The summed E-state index contributed by atoms with van der Waals surface area (Å²) in [6.07, 6.45) is 0.279. The molecule has 0 saturated heterocycles. The lowest BCUT2D eigenvalue weighted by Crippen LogP contribution is -2.15. The number of amides is 1. The molecule has 28 heavy (non-hydrogen) atoms. The summed E-state index contributed by atoms with van der Waals surface area (Å²) in [7, 11) is 0. The maximum atomic E-state index is 12.5. The molecule has 142 valence electrons. The van der Waals surface area contributed by atoms with Gasteiger partial charge in [-0.1, -0.05) is 47.2 Å². The lowest BCUT2D eigenvalue weighted by Gasteiger charge is -2.07. The minimum atomic E-state index is -0.102. The summed E-state index contributed by atoms with van der Waals surface area (Å²) in [5, 5.41) is 10.7. The Labute approximate surface area is 171 Å². The Hall–Kier alpha value is -2.84. The van der Waals surface area contributed by atoms with Crippen molar-refractivity contribution in [1.82, 2.24) is 19.7 Å². The van der Waals surface area contributed by atoms with Gasteiger partial charge in [0, 0.05) is 18.5 Å². The van der Waals surface area contributed by atoms with Crippen molar-refractivity contribution in [3.63, 3.8) is 0 Å². The summed E-state index contributed by atoms with van der Waals surface area (Å²) in [6, 6.07) is 14.1. The molecule has 8 heteroatoms. The monoisotopic (exact) mass is 409 g/mol. The van der Waals surface area contributed by atoms with Crippen LogP contribution in [0.1, 0.15) is 17.5 Å². The number of aromatic nitrogens is 4. The van der Waals surface area contributed by atoms with Gasteiger partial charge in [-0.05, 0) is 43.8 Å². The van der Waals surface area contributed by atoms with E-state index in [-0.39, 0.29) is 12.3 Å². The predicted octanol–water partition coefficient (Wildman–Crippen LogP) is 4.86. The molecule has 4 rings (SSSR count). The molecule has 0 atom stereocenters. The number of thiazole rings is 1. The first kappa shape index (κ1) is 18.5. The van der Waals surface area contributed by atoms with Crippen molar-refractivity contribution in [2.24, 2.45) is 0 Å². The predicted molar refractivity (Wildman–Crippen MR) is 115 cm³/mol. The maximum absolute atomic E-state index is 12.5. The SMILES string of the molecule is Cc1cccc(-c2n[nH]c(=S)n2CCC(=O)Nc2nc3c(C)cccc3s2)c1. The van der Waals surface area contributed by atoms with Gasteiger partial charge in [-0.3, -0.25) is 14.5 Å². The van der Waals surface area contributed by atoms with Gasteiger partial charge < -0.3 is 5.32 Å². The molecule has 0 unspecified atom stereocenters. The molecule has 2 aromatic carbocycles. The van der Waals surface area contributed by atoms with E-state index >= 15 is 0 Å². The summed E-state index contributed by atoms with van der Waals surface area (Å²) in [4.78, 5) is 17.0. The fourth-order valence-corrected chi connectivity index (χ4v) is 4.25. The number of H-pyrrole nitrogens is 1. The lowest BCUT2D eigenvalue weighted by atomic mass is 10.1. The van der Waals surface area contributed by atoms with Crippen LogP contribution in [-0.2, 0) is 11.3 Å². The van der Waals surface area contributed by atoms with Crippen LogP contribution < -0.4 is 5.32 Å². The van der Waals surface area contributed by atoms with Gasteiger partial charge in [-0.25, -0.2) is 4.98 Å². The van der Waals surface area contributed by atoms with Crippen LogP contribution in [0.4, 0.5) is 5.13 Å². The number of aromatic amines is 1. The molecule has 2 heterocycles. The van der Waals surface area contributed by atoms with Crippen molar-refractivity contribution in [1.29, 1.82) is 0 Å². The Balaban J connectivity index is 1.48. The number of nitrogens with zero attached hydrogens (tertiary/aromatic N) is 3. The first-order chi connectivity index (χ1) is 13.5. The minimum Gasteiger partial charge on any atom is -0.302 e. The van der Waals surface area contributed by atoms with Crippen LogP contribution in [0.15, 0.2) is 42.5 Å². The van der Waals surface area contributed by atoms with E-state index in [9.17, 15) is 4.79 Å². The molecular formula is C20H19N5OS2. The standard InChI is InChI=1S/C20H19N5OS2/c1-12-5-3-7-14(11-12)18-23-24-20(27)25(18)10-9-16(26)21-19-22-17-13(2)6-4-8-15(17)28-19/h3-8,11H,9-10H2,1-2H3,(H,24,27)(H,21,22,26). The number of para-hydroxylation sites is 1. The van der Waals surface area contributed by atoms with Crippen molar-refractivity contribution in [2.45, 2.75) is 26.8 Å². The molecule has 0 aliphatic heterocycles.